The number of esters is 1. The van der Waals surface area contributed by atoms with Gasteiger partial charge in [-0.05, 0) is 57.9 Å². The van der Waals surface area contributed by atoms with Crippen molar-refractivity contribution in [2.45, 2.75) is 39.8 Å². The molecule has 2 aromatic carbocycles. The van der Waals surface area contributed by atoms with Crippen LogP contribution in [0, 0.1) is 13.8 Å². The largest absolute Gasteiger partial charge is 0.465 e. The van der Waals surface area contributed by atoms with E-state index >= 15 is 0 Å². The van der Waals surface area contributed by atoms with Gasteiger partial charge >= 0.3 is 13.6 Å². The van der Waals surface area contributed by atoms with Crippen LogP contribution in [0.25, 0.3) is 0 Å². The van der Waals surface area contributed by atoms with Crippen molar-refractivity contribution in [2.75, 3.05) is 6.61 Å². The van der Waals surface area contributed by atoms with E-state index in [0.29, 0.717) is 11.5 Å². The SMILES string of the molecule is CCOC(=O)C(C)(C)P(=O)(Oc1ccccc1C)Oc1ccccc1C. The number of carbonyl (C=O) groups is 1. The van der Waals surface area contributed by atoms with Crippen LogP contribution in [0.3, 0.4) is 0 Å². The van der Waals surface area contributed by atoms with Gasteiger partial charge in [-0.15, -0.1) is 0 Å². The van der Waals surface area contributed by atoms with Gasteiger partial charge in [0, 0.05) is 0 Å². The summed E-state index contributed by atoms with van der Waals surface area (Å²) in [4.78, 5) is 12.5. The summed E-state index contributed by atoms with van der Waals surface area (Å²) in [7, 11) is -3.98. The highest BCUT2D eigenvalue weighted by Gasteiger charge is 2.54. The van der Waals surface area contributed by atoms with Gasteiger partial charge < -0.3 is 13.8 Å². The summed E-state index contributed by atoms with van der Waals surface area (Å²) in [6, 6.07) is 14.3. The first-order chi connectivity index (χ1) is 12.2. The molecule has 140 valence electrons. The Kier molecular flexibility index (Phi) is 6.14. The Bertz CT molecular complexity index is 777. The van der Waals surface area contributed by atoms with E-state index in [9.17, 15) is 9.36 Å². The second kappa shape index (κ2) is 7.96. The number of hydrogen-bond donors (Lipinski definition) is 0. The van der Waals surface area contributed by atoms with Crippen LogP contribution in [0.2, 0.25) is 0 Å². The third kappa shape index (κ3) is 4.10. The van der Waals surface area contributed by atoms with E-state index in [-0.39, 0.29) is 6.61 Å². The fourth-order valence-corrected chi connectivity index (χ4v) is 3.95. The summed E-state index contributed by atoms with van der Waals surface area (Å²) >= 11 is 0. The van der Waals surface area contributed by atoms with Crippen molar-refractivity contribution >= 4 is 13.6 Å². The highest BCUT2D eigenvalue weighted by atomic mass is 31.2. The molecule has 0 aliphatic rings. The Morgan fingerprint density at radius 2 is 1.35 bits per heavy atom. The van der Waals surface area contributed by atoms with E-state index in [1.165, 1.54) is 13.8 Å². The molecule has 0 amide bonds. The maximum Gasteiger partial charge on any atom is 0.447 e. The first-order valence-electron chi connectivity index (χ1n) is 8.49. The molecule has 0 N–H and O–H groups in total. The van der Waals surface area contributed by atoms with Gasteiger partial charge in [0.15, 0.2) is 5.16 Å². The molecule has 0 radical (unpaired) electrons. The quantitative estimate of drug-likeness (QED) is 0.485. The van der Waals surface area contributed by atoms with E-state index in [0.717, 1.165) is 11.1 Å². The number of carbonyl (C=O) groups excluding carboxylic acids is 1. The minimum absolute atomic E-state index is 0.178. The normalized spacial score (nSPS) is 11.7. The zero-order valence-corrected chi connectivity index (χ0v) is 16.7. The molecular formula is C20H25O5P. The van der Waals surface area contributed by atoms with Crippen molar-refractivity contribution in [3.63, 3.8) is 0 Å². The highest BCUT2D eigenvalue weighted by molar-refractivity contribution is 7.57. The molecule has 2 aromatic rings. The van der Waals surface area contributed by atoms with Crippen LogP contribution in [0.15, 0.2) is 48.5 Å². The van der Waals surface area contributed by atoms with Gasteiger partial charge in [0.25, 0.3) is 0 Å². The van der Waals surface area contributed by atoms with E-state index < -0.39 is 18.7 Å². The maximum atomic E-state index is 13.8. The first-order valence-corrected chi connectivity index (χ1v) is 10.0. The summed E-state index contributed by atoms with van der Waals surface area (Å²) in [5.74, 6) is 0.175. The molecule has 2 rings (SSSR count). The average molecular weight is 376 g/mol. The molecule has 26 heavy (non-hydrogen) atoms. The first kappa shape index (κ1) is 20.1. The van der Waals surface area contributed by atoms with Gasteiger partial charge in [-0.1, -0.05) is 36.4 Å². The second-order valence-electron chi connectivity index (χ2n) is 6.49. The summed E-state index contributed by atoms with van der Waals surface area (Å²) < 4.78 is 30.7. The molecule has 0 unspecified atom stereocenters. The Balaban J connectivity index is 2.50. The van der Waals surface area contributed by atoms with E-state index in [4.69, 9.17) is 13.8 Å². The predicted octanol–water partition coefficient (Wildman–Crippen LogP) is 5.30. The number of rotatable bonds is 7. The standard InChI is InChI=1S/C20H25O5P/c1-6-23-19(21)20(4,5)26(22,24-17-13-9-7-11-15(17)2)25-18-14-10-8-12-16(18)3/h7-14H,6H2,1-5H3. The number of aryl methyl sites for hydroxylation is 2. The third-order valence-electron chi connectivity index (χ3n) is 4.08. The highest BCUT2D eigenvalue weighted by Crippen LogP contribution is 2.60. The molecule has 0 heterocycles. The predicted molar refractivity (Wildman–Crippen MR) is 102 cm³/mol. The third-order valence-corrected chi connectivity index (χ3v) is 6.51. The molecule has 0 bridgehead atoms. The molecule has 6 heteroatoms. The average Bonchev–Trinajstić information content (AvgIpc) is 2.59. The van der Waals surface area contributed by atoms with Crippen molar-refractivity contribution in [1.82, 2.24) is 0 Å². The van der Waals surface area contributed by atoms with E-state index in [2.05, 4.69) is 0 Å². The van der Waals surface area contributed by atoms with Gasteiger partial charge in [-0.25, -0.2) is 4.57 Å². The van der Waals surface area contributed by atoms with Gasteiger partial charge in [-0.2, -0.15) is 0 Å². The summed E-state index contributed by atoms with van der Waals surface area (Å²) in [5, 5.41) is -1.49. The van der Waals surface area contributed by atoms with Gasteiger partial charge in [0.1, 0.15) is 11.5 Å². The van der Waals surface area contributed by atoms with E-state index in [1.807, 2.05) is 38.1 Å². The lowest BCUT2D eigenvalue weighted by Crippen LogP contribution is -2.37. The van der Waals surface area contributed by atoms with Crippen LogP contribution in [0.5, 0.6) is 11.5 Å². The zero-order valence-electron chi connectivity index (χ0n) is 15.8. The minimum Gasteiger partial charge on any atom is -0.465 e. The van der Waals surface area contributed by atoms with Crippen LogP contribution < -0.4 is 9.05 Å². The zero-order chi connectivity index (χ0) is 19.4. The van der Waals surface area contributed by atoms with Crippen LogP contribution in [0.1, 0.15) is 31.9 Å². The summed E-state index contributed by atoms with van der Waals surface area (Å²) in [5.41, 5.74) is 1.58. The molecule has 0 fully saturated rings. The molecule has 5 nitrogen and oxygen atoms in total. The molecular weight excluding hydrogens is 351 g/mol. The molecule has 0 atom stereocenters. The Labute approximate surface area is 154 Å². The summed E-state index contributed by atoms with van der Waals surface area (Å²) in [6.07, 6.45) is 0. The summed E-state index contributed by atoms with van der Waals surface area (Å²) in [6.45, 7) is 8.58. The van der Waals surface area contributed by atoms with Crippen LogP contribution >= 0.6 is 7.60 Å². The van der Waals surface area contributed by atoms with Crippen molar-refractivity contribution in [2.24, 2.45) is 0 Å². The lowest BCUT2D eigenvalue weighted by Gasteiger charge is -2.32. The maximum absolute atomic E-state index is 13.8. The lowest BCUT2D eigenvalue weighted by atomic mass is 10.2. The second-order valence-corrected chi connectivity index (χ2v) is 8.97. The van der Waals surface area contributed by atoms with Crippen molar-refractivity contribution in [1.29, 1.82) is 0 Å². The number of para-hydroxylation sites is 2. The number of ether oxygens (including phenoxy) is 1. The Morgan fingerprint density at radius 3 is 1.73 bits per heavy atom. The van der Waals surface area contributed by atoms with Gasteiger partial charge in [0.05, 0.1) is 6.61 Å². The molecule has 0 saturated heterocycles. The Hall–Kier alpha value is -2.26. The fraction of sp³-hybridized carbons (Fsp3) is 0.350. The van der Waals surface area contributed by atoms with Gasteiger partial charge in [0.2, 0.25) is 0 Å². The molecule has 0 spiro atoms. The van der Waals surface area contributed by atoms with E-state index in [1.54, 1.807) is 31.2 Å². The van der Waals surface area contributed by atoms with Crippen molar-refractivity contribution < 1.29 is 23.1 Å². The smallest absolute Gasteiger partial charge is 0.447 e. The van der Waals surface area contributed by atoms with Crippen molar-refractivity contribution in [3.05, 3.63) is 59.7 Å². The lowest BCUT2D eigenvalue weighted by molar-refractivity contribution is -0.145. The monoisotopic (exact) mass is 376 g/mol. The molecule has 0 saturated carbocycles. The number of benzene rings is 2. The minimum atomic E-state index is -3.98. The molecule has 0 aromatic heterocycles. The topological polar surface area (TPSA) is 61.8 Å². The fourth-order valence-electron chi connectivity index (χ4n) is 2.24. The van der Waals surface area contributed by atoms with Crippen LogP contribution in [-0.2, 0) is 14.1 Å². The van der Waals surface area contributed by atoms with Crippen LogP contribution in [0.4, 0.5) is 0 Å². The Morgan fingerprint density at radius 1 is 0.923 bits per heavy atom. The molecule has 0 aliphatic carbocycles. The molecule has 0 aliphatic heterocycles. The van der Waals surface area contributed by atoms with Crippen LogP contribution in [-0.4, -0.2) is 17.7 Å². The van der Waals surface area contributed by atoms with Gasteiger partial charge in [-0.3, -0.25) is 4.79 Å². The van der Waals surface area contributed by atoms with Crippen molar-refractivity contribution in [3.8, 4) is 11.5 Å². The number of hydrogen-bond acceptors (Lipinski definition) is 5.